The van der Waals surface area contributed by atoms with Gasteiger partial charge in [0.25, 0.3) is 0 Å². The van der Waals surface area contributed by atoms with Gasteiger partial charge in [-0.1, -0.05) is 0 Å². The van der Waals surface area contributed by atoms with Gasteiger partial charge in [-0.15, -0.1) is 0 Å². The lowest BCUT2D eigenvalue weighted by atomic mass is 9.99. The molecule has 0 bridgehead atoms. The van der Waals surface area contributed by atoms with Crippen molar-refractivity contribution in [2.24, 2.45) is 0 Å². The molecule has 0 saturated carbocycles. The van der Waals surface area contributed by atoms with Gasteiger partial charge in [0.2, 0.25) is 5.91 Å². The molecular weight excluding hydrogens is 278 g/mol. The Bertz CT molecular complexity index is 374. The van der Waals surface area contributed by atoms with E-state index in [4.69, 9.17) is 24.1 Å². The maximum absolute atomic E-state index is 11.6. The zero-order valence-corrected chi connectivity index (χ0v) is 12.9. The standard InChI is InChI=1S/C14H25NO6/c1-10(17)15-14(19-7-5-4-6-16)9-18-8-11-12(14)21-13(2,3)20-11/h11-12,16H,4-9H2,1-3H3,(H,15,17)/t11?,12-,14-/m0/s1. The highest BCUT2D eigenvalue weighted by Crippen LogP contribution is 2.37. The summed E-state index contributed by atoms with van der Waals surface area (Å²) in [5.41, 5.74) is -1.04. The van der Waals surface area contributed by atoms with Crippen molar-refractivity contribution in [3.05, 3.63) is 0 Å². The summed E-state index contributed by atoms with van der Waals surface area (Å²) in [5, 5.41) is 11.7. The van der Waals surface area contributed by atoms with Crippen LogP contribution >= 0.6 is 0 Å². The average Bonchev–Trinajstić information content (AvgIpc) is 2.70. The van der Waals surface area contributed by atoms with Gasteiger partial charge in [0.05, 0.1) is 13.2 Å². The van der Waals surface area contributed by atoms with Crippen LogP contribution in [0.5, 0.6) is 0 Å². The first-order chi connectivity index (χ1) is 9.88. The van der Waals surface area contributed by atoms with Gasteiger partial charge in [0.1, 0.15) is 12.2 Å². The number of amides is 1. The Hall–Kier alpha value is -0.730. The third-order valence-corrected chi connectivity index (χ3v) is 3.54. The molecule has 7 nitrogen and oxygen atoms in total. The zero-order chi connectivity index (χ0) is 15.5. The largest absolute Gasteiger partial charge is 0.396 e. The lowest BCUT2D eigenvalue weighted by Crippen LogP contribution is -2.67. The Labute approximate surface area is 124 Å². The number of hydrogen-bond donors (Lipinski definition) is 2. The van der Waals surface area contributed by atoms with Crippen molar-refractivity contribution in [1.29, 1.82) is 0 Å². The number of aliphatic hydroxyl groups excluding tert-OH is 1. The molecule has 3 atom stereocenters. The van der Waals surface area contributed by atoms with Crippen LogP contribution in [0.25, 0.3) is 0 Å². The summed E-state index contributed by atoms with van der Waals surface area (Å²) in [5.74, 6) is -0.948. The van der Waals surface area contributed by atoms with Crippen LogP contribution in [0.4, 0.5) is 0 Å². The van der Waals surface area contributed by atoms with E-state index in [2.05, 4.69) is 5.32 Å². The monoisotopic (exact) mass is 303 g/mol. The van der Waals surface area contributed by atoms with E-state index >= 15 is 0 Å². The van der Waals surface area contributed by atoms with Gasteiger partial charge in [-0.2, -0.15) is 0 Å². The lowest BCUT2D eigenvalue weighted by Gasteiger charge is -2.43. The van der Waals surface area contributed by atoms with Crippen LogP contribution in [0.3, 0.4) is 0 Å². The van der Waals surface area contributed by atoms with Crippen molar-refractivity contribution < 1.29 is 28.8 Å². The summed E-state index contributed by atoms with van der Waals surface area (Å²) in [6.45, 7) is 6.24. The van der Waals surface area contributed by atoms with Crippen LogP contribution in [0, 0.1) is 0 Å². The molecule has 7 heteroatoms. The van der Waals surface area contributed by atoms with Gasteiger partial charge in [-0.3, -0.25) is 4.79 Å². The normalized spacial score (nSPS) is 34.5. The first-order valence-corrected chi connectivity index (χ1v) is 7.35. The van der Waals surface area contributed by atoms with E-state index in [9.17, 15) is 4.79 Å². The summed E-state index contributed by atoms with van der Waals surface area (Å²) < 4.78 is 23.2. The molecule has 0 radical (unpaired) electrons. The Morgan fingerprint density at radius 2 is 2.14 bits per heavy atom. The van der Waals surface area contributed by atoms with Crippen LogP contribution in [-0.4, -0.2) is 61.2 Å². The fourth-order valence-corrected chi connectivity index (χ4v) is 2.79. The lowest BCUT2D eigenvalue weighted by molar-refractivity contribution is -0.222. The van der Waals surface area contributed by atoms with E-state index in [0.29, 0.717) is 26.1 Å². The summed E-state index contributed by atoms with van der Waals surface area (Å²) in [7, 11) is 0. The van der Waals surface area contributed by atoms with Crippen LogP contribution in [-0.2, 0) is 23.7 Å². The number of ether oxygens (including phenoxy) is 4. The second-order valence-electron chi connectivity index (χ2n) is 5.96. The van der Waals surface area contributed by atoms with Gasteiger partial charge in [-0.05, 0) is 26.7 Å². The summed E-state index contributed by atoms with van der Waals surface area (Å²) in [6, 6.07) is 0. The van der Waals surface area contributed by atoms with Gasteiger partial charge in [0, 0.05) is 20.1 Å². The van der Waals surface area contributed by atoms with Gasteiger partial charge < -0.3 is 29.4 Å². The topological polar surface area (TPSA) is 86.3 Å². The second-order valence-corrected chi connectivity index (χ2v) is 5.96. The van der Waals surface area contributed by atoms with E-state index in [1.54, 1.807) is 0 Å². The van der Waals surface area contributed by atoms with Crippen molar-refractivity contribution >= 4 is 5.91 Å². The predicted octanol–water partition coefficient (Wildman–Crippen LogP) is 0.158. The molecule has 2 rings (SSSR count). The minimum absolute atomic E-state index is 0.117. The highest BCUT2D eigenvalue weighted by molar-refractivity contribution is 5.73. The maximum Gasteiger partial charge on any atom is 0.219 e. The summed E-state index contributed by atoms with van der Waals surface area (Å²) in [6.07, 6.45) is 0.644. The van der Waals surface area contributed by atoms with E-state index in [-0.39, 0.29) is 25.2 Å². The number of aliphatic hydroxyl groups is 1. The molecule has 2 N–H and O–H groups in total. The number of unbranched alkanes of at least 4 members (excludes halogenated alkanes) is 1. The Morgan fingerprint density at radius 3 is 2.81 bits per heavy atom. The molecule has 0 aromatic rings. The molecule has 2 saturated heterocycles. The number of fused-ring (bicyclic) bond motifs is 1. The van der Waals surface area contributed by atoms with E-state index in [0.717, 1.165) is 0 Å². The smallest absolute Gasteiger partial charge is 0.219 e. The van der Waals surface area contributed by atoms with Gasteiger partial charge in [0.15, 0.2) is 11.5 Å². The third kappa shape index (κ3) is 3.92. The number of rotatable bonds is 6. The molecule has 2 heterocycles. The number of hydrogen-bond acceptors (Lipinski definition) is 6. The molecule has 21 heavy (non-hydrogen) atoms. The van der Waals surface area contributed by atoms with Crippen molar-refractivity contribution in [2.45, 2.75) is 57.3 Å². The fraction of sp³-hybridized carbons (Fsp3) is 0.929. The van der Waals surface area contributed by atoms with Crippen LogP contribution < -0.4 is 5.32 Å². The number of carbonyl (C=O) groups is 1. The zero-order valence-electron chi connectivity index (χ0n) is 12.9. The molecule has 0 aromatic carbocycles. The molecule has 1 amide bonds. The Balaban J connectivity index is 2.11. The van der Waals surface area contributed by atoms with Crippen LogP contribution in [0.15, 0.2) is 0 Å². The van der Waals surface area contributed by atoms with Crippen LogP contribution in [0.1, 0.15) is 33.6 Å². The van der Waals surface area contributed by atoms with Crippen molar-refractivity contribution in [2.75, 3.05) is 26.4 Å². The summed E-state index contributed by atoms with van der Waals surface area (Å²) >= 11 is 0. The average molecular weight is 303 g/mol. The highest BCUT2D eigenvalue weighted by atomic mass is 16.8. The SMILES string of the molecule is CC(=O)N[C@]1(OCCCCO)COCC2OC(C)(C)O[C@@H]21. The Kier molecular flexibility index (Phi) is 5.21. The number of nitrogens with one attached hydrogen (secondary N) is 1. The summed E-state index contributed by atoms with van der Waals surface area (Å²) in [4.78, 5) is 11.6. The molecular formula is C14H25NO6. The first kappa shape index (κ1) is 16.6. The van der Waals surface area contributed by atoms with Crippen molar-refractivity contribution in [3.8, 4) is 0 Å². The highest BCUT2D eigenvalue weighted by Gasteiger charge is 2.57. The Morgan fingerprint density at radius 1 is 1.38 bits per heavy atom. The molecule has 2 fully saturated rings. The maximum atomic E-state index is 11.6. The van der Waals surface area contributed by atoms with Crippen molar-refractivity contribution in [3.63, 3.8) is 0 Å². The van der Waals surface area contributed by atoms with E-state index in [1.165, 1.54) is 6.92 Å². The van der Waals surface area contributed by atoms with Gasteiger partial charge in [-0.25, -0.2) is 0 Å². The molecule has 2 aliphatic rings. The van der Waals surface area contributed by atoms with Crippen LogP contribution in [0.2, 0.25) is 0 Å². The molecule has 2 aliphatic heterocycles. The third-order valence-electron chi connectivity index (χ3n) is 3.54. The van der Waals surface area contributed by atoms with Crippen molar-refractivity contribution in [1.82, 2.24) is 5.32 Å². The molecule has 122 valence electrons. The predicted molar refractivity (Wildman–Crippen MR) is 73.5 cm³/mol. The molecule has 0 aromatic heterocycles. The molecule has 0 spiro atoms. The fourth-order valence-electron chi connectivity index (χ4n) is 2.79. The molecule has 1 unspecified atom stereocenters. The quantitative estimate of drug-likeness (QED) is 0.537. The van der Waals surface area contributed by atoms with E-state index in [1.807, 2.05) is 13.8 Å². The molecule has 0 aliphatic carbocycles. The number of carbonyl (C=O) groups excluding carboxylic acids is 1. The first-order valence-electron chi connectivity index (χ1n) is 7.35. The van der Waals surface area contributed by atoms with E-state index < -0.39 is 17.6 Å². The minimum atomic E-state index is -1.04. The minimum Gasteiger partial charge on any atom is -0.396 e. The van der Waals surface area contributed by atoms with Gasteiger partial charge >= 0.3 is 0 Å². The second kappa shape index (κ2) is 6.58.